The number of aromatic nitrogens is 1. The SMILES string of the molecule is N#Cc1ccc(S(=O)(=O)Nc2cc(Cl)ccc2Br)cn1. The Morgan fingerprint density at radius 2 is 2.05 bits per heavy atom. The van der Waals surface area contributed by atoms with Crippen LogP contribution in [0.4, 0.5) is 5.69 Å². The summed E-state index contributed by atoms with van der Waals surface area (Å²) in [6.45, 7) is 0. The van der Waals surface area contributed by atoms with Crippen LogP contribution in [0.2, 0.25) is 5.02 Å². The van der Waals surface area contributed by atoms with Crippen molar-refractivity contribution in [2.45, 2.75) is 4.90 Å². The number of rotatable bonds is 3. The number of pyridine rings is 1. The quantitative estimate of drug-likeness (QED) is 0.897. The van der Waals surface area contributed by atoms with Gasteiger partial charge in [0.05, 0.1) is 5.69 Å². The minimum atomic E-state index is -3.79. The Labute approximate surface area is 129 Å². The first kappa shape index (κ1) is 14.8. The number of hydrogen-bond donors (Lipinski definition) is 1. The minimum Gasteiger partial charge on any atom is -0.278 e. The van der Waals surface area contributed by atoms with Gasteiger partial charge in [-0.3, -0.25) is 4.72 Å². The molecule has 0 amide bonds. The van der Waals surface area contributed by atoms with Crippen molar-refractivity contribution >= 4 is 43.2 Å². The van der Waals surface area contributed by atoms with Crippen LogP contribution >= 0.6 is 27.5 Å². The monoisotopic (exact) mass is 371 g/mol. The number of sulfonamides is 1. The van der Waals surface area contributed by atoms with Crippen LogP contribution in [-0.4, -0.2) is 13.4 Å². The zero-order chi connectivity index (χ0) is 14.8. The molecular weight excluding hydrogens is 366 g/mol. The molecule has 5 nitrogen and oxygen atoms in total. The summed E-state index contributed by atoms with van der Waals surface area (Å²) in [5.41, 5.74) is 0.467. The molecule has 20 heavy (non-hydrogen) atoms. The molecule has 1 N–H and O–H groups in total. The molecule has 0 aliphatic rings. The number of nitriles is 1. The van der Waals surface area contributed by atoms with Crippen LogP contribution in [0.25, 0.3) is 0 Å². The standard InChI is InChI=1S/C12H7BrClN3O2S/c13-11-4-1-8(14)5-12(11)17-20(18,19)10-3-2-9(6-15)16-7-10/h1-5,7,17H. The van der Waals surface area contributed by atoms with Crippen LogP contribution < -0.4 is 4.72 Å². The highest BCUT2D eigenvalue weighted by Crippen LogP contribution is 2.28. The second-order valence-corrected chi connectivity index (χ2v) is 6.69. The average molecular weight is 373 g/mol. The molecule has 0 unspecified atom stereocenters. The summed E-state index contributed by atoms with van der Waals surface area (Å²) < 4.78 is 27.3. The Morgan fingerprint density at radius 3 is 2.65 bits per heavy atom. The summed E-state index contributed by atoms with van der Waals surface area (Å²) in [7, 11) is -3.79. The maximum absolute atomic E-state index is 12.2. The van der Waals surface area contributed by atoms with E-state index in [2.05, 4.69) is 25.6 Å². The van der Waals surface area contributed by atoms with Gasteiger partial charge in [-0.25, -0.2) is 13.4 Å². The van der Waals surface area contributed by atoms with Gasteiger partial charge in [0.2, 0.25) is 0 Å². The highest BCUT2D eigenvalue weighted by molar-refractivity contribution is 9.10. The maximum atomic E-state index is 12.2. The summed E-state index contributed by atoms with van der Waals surface area (Å²) in [5.74, 6) is 0. The fourth-order valence-corrected chi connectivity index (χ4v) is 3.05. The van der Waals surface area contributed by atoms with E-state index in [-0.39, 0.29) is 10.6 Å². The first-order valence-corrected chi connectivity index (χ1v) is 7.92. The lowest BCUT2D eigenvalue weighted by molar-refractivity contribution is 0.601. The molecule has 2 rings (SSSR count). The van der Waals surface area contributed by atoms with Crippen molar-refractivity contribution in [2.75, 3.05) is 4.72 Å². The Kier molecular flexibility index (Phi) is 4.28. The lowest BCUT2D eigenvalue weighted by Crippen LogP contribution is -2.13. The third kappa shape index (κ3) is 3.28. The van der Waals surface area contributed by atoms with Gasteiger partial charge in [0.25, 0.3) is 10.0 Å². The molecule has 2 aromatic rings. The molecular formula is C12H7BrClN3O2S. The van der Waals surface area contributed by atoms with Crippen LogP contribution in [0, 0.1) is 11.3 Å². The molecule has 0 saturated heterocycles. The molecule has 8 heteroatoms. The molecule has 1 heterocycles. The van der Waals surface area contributed by atoms with Crippen LogP contribution in [0.5, 0.6) is 0 Å². The number of hydrogen-bond acceptors (Lipinski definition) is 4. The molecule has 0 saturated carbocycles. The lowest BCUT2D eigenvalue weighted by atomic mass is 10.3. The number of halogens is 2. The molecule has 0 radical (unpaired) electrons. The lowest BCUT2D eigenvalue weighted by Gasteiger charge is -2.09. The predicted octanol–water partition coefficient (Wildman–Crippen LogP) is 3.17. The Morgan fingerprint density at radius 1 is 1.30 bits per heavy atom. The molecule has 0 aliphatic carbocycles. The largest absolute Gasteiger partial charge is 0.278 e. The zero-order valence-electron chi connectivity index (χ0n) is 9.84. The van der Waals surface area contributed by atoms with Crippen molar-refractivity contribution in [3.63, 3.8) is 0 Å². The summed E-state index contributed by atoms with van der Waals surface area (Å²) in [6.07, 6.45) is 1.12. The topological polar surface area (TPSA) is 82.8 Å². The van der Waals surface area contributed by atoms with Crippen molar-refractivity contribution in [3.8, 4) is 6.07 Å². The minimum absolute atomic E-state index is 0.0385. The van der Waals surface area contributed by atoms with E-state index >= 15 is 0 Å². The Hall–Kier alpha value is -1.62. The van der Waals surface area contributed by atoms with Gasteiger partial charge in [-0.2, -0.15) is 5.26 Å². The van der Waals surface area contributed by atoms with Gasteiger partial charge in [0.15, 0.2) is 0 Å². The van der Waals surface area contributed by atoms with Gasteiger partial charge in [0, 0.05) is 15.7 Å². The molecule has 0 atom stereocenters. The van der Waals surface area contributed by atoms with Crippen molar-refractivity contribution in [1.82, 2.24) is 4.98 Å². The number of benzene rings is 1. The third-order valence-electron chi connectivity index (χ3n) is 2.33. The van der Waals surface area contributed by atoms with Crippen LogP contribution in [0.1, 0.15) is 5.69 Å². The van der Waals surface area contributed by atoms with Gasteiger partial charge in [-0.1, -0.05) is 11.6 Å². The van der Waals surface area contributed by atoms with E-state index in [1.807, 2.05) is 6.07 Å². The summed E-state index contributed by atoms with van der Waals surface area (Å²) in [5, 5.41) is 9.04. The first-order chi connectivity index (χ1) is 9.42. The van der Waals surface area contributed by atoms with Gasteiger partial charge in [-0.15, -0.1) is 0 Å². The van der Waals surface area contributed by atoms with E-state index in [0.717, 1.165) is 6.20 Å². The molecule has 0 fully saturated rings. The molecule has 0 bridgehead atoms. The number of anilines is 1. The summed E-state index contributed by atoms with van der Waals surface area (Å²) >= 11 is 9.06. The van der Waals surface area contributed by atoms with Crippen molar-refractivity contribution in [3.05, 3.63) is 51.7 Å². The second kappa shape index (κ2) is 5.79. The van der Waals surface area contributed by atoms with Gasteiger partial charge in [0.1, 0.15) is 16.7 Å². The molecule has 0 spiro atoms. The van der Waals surface area contributed by atoms with E-state index in [9.17, 15) is 8.42 Å². The third-order valence-corrected chi connectivity index (χ3v) is 4.61. The van der Waals surface area contributed by atoms with E-state index in [1.165, 1.54) is 18.2 Å². The smallest absolute Gasteiger partial charge is 0.263 e. The molecule has 1 aromatic carbocycles. The van der Waals surface area contributed by atoms with E-state index < -0.39 is 10.0 Å². The van der Waals surface area contributed by atoms with Gasteiger partial charge in [-0.05, 0) is 46.3 Å². The predicted molar refractivity (Wildman–Crippen MR) is 78.9 cm³/mol. The number of nitrogens with one attached hydrogen (secondary N) is 1. The molecule has 0 aliphatic heterocycles. The maximum Gasteiger partial charge on any atom is 0.263 e. The van der Waals surface area contributed by atoms with Crippen molar-refractivity contribution in [1.29, 1.82) is 5.26 Å². The van der Waals surface area contributed by atoms with Crippen LogP contribution in [0.15, 0.2) is 45.9 Å². The summed E-state index contributed by atoms with van der Waals surface area (Å²) in [4.78, 5) is 3.69. The first-order valence-electron chi connectivity index (χ1n) is 5.26. The molecule has 102 valence electrons. The highest BCUT2D eigenvalue weighted by atomic mass is 79.9. The Bertz CT molecular complexity index is 785. The average Bonchev–Trinajstić information content (AvgIpc) is 2.43. The van der Waals surface area contributed by atoms with Crippen LogP contribution in [0.3, 0.4) is 0 Å². The van der Waals surface area contributed by atoms with E-state index in [0.29, 0.717) is 15.2 Å². The van der Waals surface area contributed by atoms with E-state index in [4.69, 9.17) is 16.9 Å². The second-order valence-electron chi connectivity index (χ2n) is 3.72. The fourth-order valence-electron chi connectivity index (χ4n) is 1.38. The Balaban J connectivity index is 2.35. The van der Waals surface area contributed by atoms with E-state index in [1.54, 1.807) is 12.1 Å². The van der Waals surface area contributed by atoms with Crippen molar-refractivity contribution < 1.29 is 8.42 Å². The normalized spacial score (nSPS) is 10.8. The number of nitrogens with zero attached hydrogens (tertiary/aromatic N) is 2. The van der Waals surface area contributed by atoms with Crippen LogP contribution in [-0.2, 0) is 10.0 Å². The highest BCUT2D eigenvalue weighted by Gasteiger charge is 2.16. The molecule has 1 aromatic heterocycles. The van der Waals surface area contributed by atoms with Crippen molar-refractivity contribution in [2.24, 2.45) is 0 Å². The summed E-state index contributed by atoms with van der Waals surface area (Å²) in [6, 6.07) is 9.22. The van der Waals surface area contributed by atoms with Gasteiger partial charge < -0.3 is 0 Å². The fraction of sp³-hybridized carbons (Fsp3) is 0. The zero-order valence-corrected chi connectivity index (χ0v) is 13.0. The van der Waals surface area contributed by atoms with Gasteiger partial charge >= 0.3 is 0 Å².